The molecule has 146 valence electrons. The van der Waals surface area contributed by atoms with Crippen LogP contribution in [0.25, 0.3) is 11.4 Å². The molecule has 28 heavy (non-hydrogen) atoms. The molecule has 2 aromatic carbocycles. The Hall–Kier alpha value is -3.55. The van der Waals surface area contributed by atoms with E-state index in [0.717, 1.165) is 0 Å². The average Bonchev–Trinajstić information content (AvgIpc) is 3.21. The first-order chi connectivity index (χ1) is 13.6. The Balaban J connectivity index is 1.70. The van der Waals surface area contributed by atoms with E-state index in [-0.39, 0.29) is 18.1 Å². The number of aromatic nitrogens is 2. The maximum Gasteiger partial charge on any atom is 0.338 e. The van der Waals surface area contributed by atoms with Gasteiger partial charge in [0.05, 0.1) is 32.0 Å². The highest BCUT2D eigenvalue weighted by Crippen LogP contribution is 2.28. The van der Waals surface area contributed by atoms with Crippen molar-refractivity contribution in [3.8, 4) is 28.6 Å². The van der Waals surface area contributed by atoms with Gasteiger partial charge in [-0.05, 0) is 31.2 Å². The Morgan fingerprint density at radius 3 is 2.46 bits per heavy atom. The van der Waals surface area contributed by atoms with Gasteiger partial charge >= 0.3 is 5.97 Å². The van der Waals surface area contributed by atoms with Crippen LogP contribution >= 0.6 is 0 Å². The summed E-state index contributed by atoms with van der Waals surface area (Å²) in [5.74, 6) is 1.59. The number of methoxy groups -OCH3 is 2. The number of carbonyl (C=O) groups excluding carboxylic acids is 1. The molecule has 0 amide bonds. The molecule has 0 unspecified atom stereocenters. The quantitative estimate of drug-likeness (QED) is 0.545. The van der Waals surface area contributed by atoms with Gasteiger partial charge in [-0.25, -0.2) is 4.79 Å². The molecule has 0 saturated carbocycles. The number of para-hydroxylation sites is 1. The van der Waals surface area contributed by atoms with Crippen LogP contribution in [0, 0.1) is 0 Å². The Labute approximate surface area is 162 Å². The molecule has 3 rings (SSSR count). The van der Waals surface area contributed by atoms with Crippen molar-refractivity contribution in [1.82, 2.24) is 10.1 Å². The maximum atomic E-state index is 12.3. The lowest BCUT2D eigenvalue weighted by Gasteiger charge is -2.07. The topological polar surface area (TPSA) is 92.9 Å². The first kappa shape index (κ1) is 19.2. The predicted molar refractivity (Wildman–Crippen MR) is 99.6 cm³/mol. The van der Waals surface area contributed by atoms with E-state index in [1.807, 2.05) is 31.2 Å². The third kappa shape index (κ3) is 4.40. The lowest BCUT2D eigenvalue weighted by Crippen LogP contribution is -2.06. The summed E-state index contributed by atoms with van der Waals surface area (Å²) in [5.41, 5.74) is 0.987. The fraction of sp³-hybridized carbons (Fsp3) is 0.250. The highest BCUT2D eigenvalue weighted by Gasteiger charge is 2.16. The molecular weight excluding hydrogens is 364 g/mol. The summed E-state index contributed by atoms with van der Waals surface area (Å²) in [5, 5.41) is 3.94. The van der Waals surface area contributed by atoms with Crippen LogP contribution in [0.1, 0.15) is 23.2 Å². The summed E-state index contributed by atoms with van der Waals surface area (Å²) >= 11 is 0. The Morgan fingerprint density at radius 2 is 1.79 bits per heavy atom. The number of ether oxygens (including phenoxy) is 4. The normalized spacial score (nSPS) is 10.4. The predicted octanol–water partition coefficient (Wildman–Crippen LogP) is 3.51. The smallest absolute Gasteiger partial charge is 0.338 e. The summed E-state index contributed by atoms with van der Waals surface area (Å²) in [6, 6.07) is 12.1. The van der Waals surface area contributed by atoms with E-state index in [2.05, 4.69) is 10.1 Å². The summed E-state index contributed by atoms with van der Waals surface area (Å²) in [6.07, 6.45) is 0. The zero-order chi connectivity index (χ0) is 19.9. The molecule has 0 radical (unpaired) electrons. The number of hydrogen-bond acceptors (Lipinski definition) is 8. The minimum atomic E-state index is -0.563. The first-order valence-electron chi connectivity index (χ1n) is 8.59. The van der Waals surface area contributed by atoms with Crippen LogP contribution in [0.2, 0.25) is 0 Å². The van der Waals surface area contributed by atoms with Crippen molar-refractivity contribution in [3.63, 3.8) is 0 Å². The van der Waals surface area contributed by atoms with Gasteiger partial charge < -0.3 is 23.5 Å². The van der Waals surface area contributed by atoms with E-state index in [0.29, 0.717) is 35.2 Å². The molecule has 1 aromatic heterocycles. The molecular formula is C20H20N2O6. The molecule has 0 bridgehead atoms. The standard InChI is InChI=1S/C20H20N2O6/c1-4-26-17-8-6-5-7-16(17)19-21-18(28-22-19)12-27-20(23)13-9-14(24-2)11-15(10-13)25-3/h5-11H,4,12H2,1-3H3. The third-order valence-corrected chi connectivity index (χ3v) is 3.81. The van der Waals surface area contributed by atoms with Crippen LogP contribution in [0.4, 0.5) is 0 Å². The van der Waals surface area contributed by atoms with Crippen LogP contribution in [0.15, 0.2) is 47.0 Å². The van der Waals surface area contributed by atoms with Crippen molar-refractivity contribution in [3.05, 3.63) is 53.9 Å². The number of hydrogen-bond donors (Lipinski definition) is 0. The lowest BCUT2D eigenvalue weighted by molar-refractivity contribution is 0.0429. The molecule has 0 atom stereocenters. The third-order valence-electron chi connectivity index (χ3n) is 3.81. The molecule has 8 heteroatoms. The van der Waals surface area contributed by atoms with Gasteiger partial charge in [0.1, 0.15) is 17.2 Å². The fourth-order valence-electron chi connectivity index (χ4n) is 2.49. The van der Waals surface area contributed by atoms with Gasteiger partial charge in [-0.3, -0.25) is 0 Å². The molecule has 0 N–H and O–H groups in total. The molecule has 0 aliphatic rings. The summed E-state index contributed by atoms with van der Waals surface area (Å²) < 4.78 is 26.3. The second kappa shape index (κ2) is 8.90. The van der Waals surface area contributed by atoms with Crippen molar-refractivity contribution in [2.45, 2.75) is 13.5 Å². The SMILES string of the molecule is CCOc1ccccc1-c1noc(COC(=O)c2cc(OC)cc(OC)c2)n1. The van der Waals surface area contributed by atoms with Gasteiger partial charge in [0.25, 0.3) is 5.89 Å². The van der Waals surface area contributed by atoms with E-state index in [9.17, 15) is 4.79 Å². The minimum Gasteiger partial charge on any atom is -0.497 e. The molecule has 0 fully saturated rings. The maximum absolute atomic E-state index is 12.3. The van der Waals surface area contributed by atoms with Crippen molar-refractivity contribution < 1.29 is 28.3 Å². The van der Waals surface area contributed by atoms with Crippen molar-refractivity contribution in [2.75, 3.05) is 20.8 Å². The van der Waals surface area contributed by atoms with Crippen molar-refractivity contribution >= 4 is 5.97 Å². The molecule has 1 heterocycles. The average molecular weight is 384 g/mol. The number of carbonyl (C=O) groups is 1. The Morgan fingerprint density at radius 1 is 1.07 bits per heavy atom. The highest BCUT2D eigenvalue weighted by molar-refractivity contribution is 5.90. The van der Waals surface area contributed by atoms with Crippen molar-refractivity contribution in [1.29, 1.82) is 0 Å². The fourth-order valence-corrected chi connectivity index (χ4v) is 2.49. The second-order valence-corrected chi connectivity index (χ2v) is 5.62. The van der Waals surface area contributed by atoms with Crippen LogP contribution in [0.3, 0.4) is 0 Å². The van der Waals surface area contributed by atoms with Crippen LogP contribution in [-0.2, 0) is 11.3 Å². The van der Waals surface area contributed by atoms with E-state index >= 15 is 0 Å². The van der Waals surface area contributed by atoms with Gasteiger partial charge in [-0.2, -0.15) is 4.98 Å². The Bertz CT molecular complexity index is 931. The van der Waals surface area contributed by atoms with Crippen molar-refractivity contribution in [2.24, 2.45) is 0 Å². The van der Waals surface area contributed by atoms with E-state index in [1.54, 1.807) is 18.2 Å². The van der Waals surface area contributed by atoms with Crippen LogP contribution < -0.4 is 14.2 Å². The van der Waals surface area contributed by atoms with Gasteiger partial charge in [0.15, 0.2) is 6.61 Å². The highest BCUT2D eigenvalue weighted by atomic mass is 16.6. The van der Waals surface area contributed by atoms with Crippen LogP contribution in [-0.4, -0.2) is 36.9 Å². The number of nitrogens with zero attached hydrogens (tertiary/aromatic N) is 2. The summed E-state index contributed by atoms with van der Waals surface area (Å²) in [7, 11) is 3.01. The molecule has 3 aromatic rings. The summed E-state index contributed by atoms with van der Waals surface area (Å²) in [6.45, 7) is 2.25. The van der Waals surface area contributed by atoms with Gasteiger partial charge in [0, 0.05) is 6.07 Å². The molecule has 8 nitrogen and oxygen atoms in total. The molecule has 0 saturated heterocycles. The van der Waals surface area contributed by atoms with E-state index < -0.39 is 5.97 Å². The number of rotatable bonds is 8. The first-order valence-corrected chi connectivity index (χ1v) is 8.59. The van der Waals surface area contributed by atoms with E-state index in [4.69, 9.17) is 23.5 Å². The minimum absolute atomic E-state index is 0.165. The van der Waals surface area contributed by atoms with Gasteiger partial charge in [-0.15, -0.1) is 0 Å². The van der Waals surface area contributed by atoms with E-state index in [1.165, 1.54) is 14.2 Å². The monoisotopic (exact) mass is 384 g/mol. The van der Waals surface area contributed by atoms with Gasteiger partial charge in [0.2, 0.25) is 5.82 Å². The largest absolute Gasteiger partial charge is 0.497 e. The van der Waals surface area contributed by atoms with Gasteiger partial charge in [-0.1, -0.05) is 17.3 Å². The molecule has 0 aliphatic heterocycles. The zero-order valence-corrected chi connectivity index (χ0v) is 15.8. The zero-order valence-electron chi connectivity index (χ0n) is 15.8. The number of benzene rings is 2. The molecule has 0 aliphatic carbocycles. The second-order valence-electron chi connectivity index (χ2n) is 5.62. The Kier molecular flexibility index (Phi) is 6.11. The number of esters is 1. The molecule has 0 spiro atoms. The lowest BCUT2D eigenvalue weighted by atomic mass is 10.2. The summed E-state index contributed by atoms with van der Waals surface area (Å²) in [4.78, 5) is 16.6. The van der Waals surface area contributed by atoms with Crippen LogP contribution in [0.5, 0.6) is 17.2 Å².